The van der Waals surface area contributed by atoms with Crippen LogP contribution in [0.15, 0.2) is 24.3 Å². The lowest BCUT2D eigenvalue weighted by atomic mass is 10.1. The van der Waals surface area contributed by atoms with Gasteiger partial charge in [0.15, 0.2) is 0 Å². The van der Waals surface area contributed by atoms with E-state index in [-0.39, 0.29) is 6.03 Å². The molecule has 98 valence electrons. The molecule has 1 fully saturated rings. The second-order valence-electron chi connectivity index (χ2n) is 5.20. The highest BCUT2D eigenvalue weighted by molar-refractivity contribution is 5.94. The third-order valence-electron chi connectivity index (χ3n) is 3.28. The number of carbonyl (C=O) groups is 1. The second-order valence-corrected chi connectivity index (χ2v) is 5.20. The van der Waals surface area contributed by atoms with Gasteiger partial charge in [0, 0.05) is 31.0 Å². The van der Waals surface area contributed by atoms with Crippen molar-refractivity contribution >= 4 is 17.4 Å². The van der Waals surface area contributed by atoms with Gasteiger partial charge in [-0.25, -0.2) is 4.79 Å². The Labute approximate surface area is 108 Å². The van der Waals surface area contributed by atoms with Gasteiger partial charge in [0.2, 0.25) is 0 Å². The van der Waals surface area contributed by atoms with Gasteiger partial charge in [-0.3, -0.25) is 4.90 Å². The first-order chi connectivity index (χ1) is 8.58. The molecule has 1 saturated heterocycles. The highest BCUT2D eigenvalue weighted by Crippen LogP contribution is 2.21. The van der Waals surface area contributed by atoms with Crippen molar-refractivity contribution in [2.75, 3.05) is 30.3 Å². The maximum Gasteiger partial charge on any atom is 0.324 e. The Morgan fingerprint density at radius 3 is 2.50 bits per heavy atom. The smallest absolute Gasteiger partial charge is 0.324 e. The Balaban J connectivity index is 2.00. The van der Waals surface area contributed by atoms with Crippen molar-refractivity contribution in [3.8, 4) is 0 Å². The summed E-state index contributed by atoms with van der Waals surface area (Å²) in [5.74, 6) is 0.628. The summed E-state index contributed by atoms with van der Waals surface area (Å²) in [5, 5.41) is 0. The minimum absolute atomic E-state index is 0.112. The molecule has 0 bridgehead atoms. The second kappa shape index (κ2) is 5.29. The molecule has 0 unspecified atom stereocenters. The topological polar surface area (TPSA) is 49.6 Å². The Hall–Kier alpha value is -1.71. The average molecular weight is 247 g/mol. The maximum absolute atomic E-state index is 12.2. The lowest BCUT2D eigenvalue weighted by Gasteiger charge is -2.19. The maximum atomic E-state index is 12.2. The molecule has 4 heteroatoms. The van der Waals surface area contributed by atoms with Crippen LogP contribution in [0.25, 0.3) is 0 Å². The highest BCUT2D eigenvalue weighted by atomic mass is 16.2. The molecule has 1 aliphatic rings. The van der Waals surface area contributed by atoms with Gasteiger partial charge in [-0.15, -0.1) is 0 Å². The molecule has 0 spiro atoms. The van der Waals surface area contributed by atoms with Gasteiger partial charge in [-0.05, 0) is 36.6 Å². The molecular formula is C14H21N3O. The predicted octanol–water partition coefficient (Wildman–Crippen LogP) is 2.56. The van der Waals surface area contributed by atoms with E-state index in [1.807, 2.05) is 34.1 Å². The summed E-state index contributed by atoms with van der Waals surface area (Å²) in [6.45, 7) is 6.79. The van der Waals surface area contributed by atoms with Crippen LogP contribution >= 0.6 is 0 Å². The molecule has 2 rings (SSSR count). The summed E-state index contributed by atoms with van der Waals surface area (Å²) in [7, 11) is 0. The van der Waals surface area contributed by atoms with Crippen LogP contribution in [0.1, 0.15) is 20.3 Å². The van der Waals surface area contributed by atoms with E-state index in [0.717, 1.165) is 37.4 Å². The Kier molecular flexibility index (Phi) is 3.75. The lowest BCUT2D eigenvalue weighted by molar-refractivity contribution is 0.218. The normalized spacial score (nSPS) is 15.8. The molecule has 0 radical (unpaired) electrons. The van der Waals surface area contributed by atoms with E-state index in [4.69, 9.17) is 5.73 Å². The summed E-state index contributed by atoms with van der Waals surface area (Å²) in [6.07, 6.45) is 1.06. The van der Waals surface area contributed by atoms with Crippen molar-refractivity contribution in [3.63, 3.8) is 0 Å². The molecule has 2 amide bonds. The Morgan fingerprint density at radius 2 is 1.89 bits per heavy atom. The van der Waals surface area contributed by atoms with Crippen molar-refractivity contribution in [2.24, 2.45) is 5.92 Å². The number of benzene rings is 1. The largest absolute Gasteiger partial charge is 0.399 e. The summed E-state index contributed by atoms with van der Waals surface area (Å²) >= 11 is 0. The van der Waals surface area contributed by atoms with E-state index in [9.17, 15) is 4.79 Å². The predicted molar refractivity (Wildman–Crippen MR) is 74.6 cm³/mol. The first-order valence-electron chi connectivity index (χ1n) is 6.50. The molecule has 0 atom stereocenters. The molecule has 0 aromatic heterocycles. The standard InChI is InChI=1S/C14H21N3O/c1-11(2)7-8-16-9-10-17(14(16)18)13-5-3-12(15)4-6-13/h3-6,11H,7-10,15H2,1-2H3. The van der Waals surface area contributed by atoms with Gasteiger partial charge in [-0.1, -0.05) is 13.8 Å². The first-order valence-corrected chi connectivity index (χ1v) is 6.50. The van der Waals surface area contributed by atoms with Crippen LogP contribution in [0, 0.1) is 5.92 Å². The van der Waals surface area contributed by atoms with Crippen LogP contribution in [-0.4, -0.2) is 30.6 Å². The number of nitrogens with zero attached hydrogens (tertiary/aromatic N) is 2. The quantitative estimate of drug-likeness (QED) is 0.831. The summed E-state index contributed by atoms with van der Waals surface area (Å²) in [5.41, 5.74) is 7.31. The van der Waals surface area contributed by atoms with Gasteiger partial charge >= 0.3 is 6.03 Å². The fraction of sp³-hybridized carbons (Fsp3) is 0.500. The lowest BCUT2D eigenvalue weighted by Crippen LogP contribution is -2.32. The monoisotopic (exact) mass is 247 g/mol. The minimum atomic E-state index is 0.112. The van der Waals surface area contributed by atoms with Crippen molar-refractivity contribution in [3.05, 3.63) is 24.3 Å². The molecule has 18 heavy (non-hydrogen) atoms. The SMILES string of the molecule is CC(C)CCN1CCN(c2ccc(N)cc2)C1=O. The number of nitrogens with two attached hydrogens (primary N) is 1. The number of hydrogen-bond donors (Lipinski definition) is 1. The van der Waals surface area contributed by atoms with Crippen LogP contribution < -0.4 is 10.6 Å². The number of urea groups is 1. The van der Waals surface area contributed by atoms with E-state index in [1.165, 1.54) is 0 Å². The zero-order valence-electron chi connectivity index (χ0n) is 11.1. The van der Waals surface area contributed by atoms with E-state index in [2.05, 4.69) is 13.8 Å². The Bertz CT molecular complexity index is 414. The fourth-order valence-corrected chi connectivity index (χ4v) is 2.10. The number of amides is 2. The molecule has 0 aliphatic carbocycles. The van der Waals surface area contributed by atoms with Crippen LogP contribution in [0.2, 0.25) is 0 Å². The van der Waals surface area contributed by atoms with Crippen LogP contribution in [0.4, 0.5) is 16.2 Å². The summed E-state index contributed by atoms with van der Waals surface area (Å²) in [4.78, 5) is 16.0. The van der Waals surface area contributed by atoms with Crippen LogP contribution in [0.5, 0.6) is 0 Å². The van der Waals surface area contributed by atoms with Crippen molar-refractivity contribution in [1.29, 1.82) is 0 Å². The summed E-state index contributed by atoms with van der Waals surface area (Å²) < 4.78 is 0. The Morgan fingerprint density at radius 1 is 1.22 bits per heavy atom. The van der Waals surface area contributed by atoms with E-state index in [1.54, 1.807) is 0 Å². The number of hydrogen-bond acceptors (Lipinski definition) is 2. The van der Waals surface area contributed by atoms with Crippen LogP contribution in [-0.2, 0) is 0 Å². The molecule has 2 N–H and O–H groups in total. The summed E-state index contributed by atoms with van der Waals surface area (Å²) in [6, 6.07) is 7.58. The molecule has 1 heterocycles. The number of nitrogen functional groups attached to an aromatic ring is 1. The zero-order chi connectivity index (χ0) is 13.1. The molecule has 1 aliphatic heterocycles. The van der Waals surface area contributed by atoms with E-state index >= 15 is 0 Å². The molecular weight excluding hydrogens is 226 g/mol. The fourth-order valence-electron chi connectivity index (χ4n) is 2.10. The number of carbonyl (C=O) groups excluding carboxylic acids is 1. The molecule has 1 aromatic carbocycles. The van der Waals surface area contributed by atoms with Gasteiger partial charge in [0.05, 0.1) is 0 Å². The van der Waals surface area contributed by atoms with Crippen molar-refractivity contribution in [1.82, 2.24) is 4.90 Å². The number of rotatable bonds is 4. The van der Waals surface area contributed by atoms with Gasteiger partial charge < -0.3 is 10.6 Å². The van der Waals surface area contributed by atoms with Crippen molar-refractivity contribution in [2.45, 2.75) is 20.3 Å². The third kappa shape index (κ3) is 2.75. The van der Waals surface area contributed by atoms with Crippen LogP contribution in [0.3, 0.4) is 0 Å². The minimum Gasteiger partial charge on any atom is -0.399 e. The average Bonchev–Trinajstić information content (AvgIpc) is 2.69. The van der Waals surface area contributed by atoms with Gasteiger partial charge in [0.1, 0.15) is 0 Å². The van der Waals surface area contributed by atoms with E-state index in [0.29, 0.717) is 5.92 Å². The third-order valence-corrected chi connectivity index (χ3v) is 3.28. The number of anilines is 2. The molecule has 4 nitrogen and oxygen atoms in total. The van der Waals surface area contributed by atoms with Crippen molar-refractivity contribution < 1.29 is 4.79 Å². The van der Waals surface area contributed by atoms with Gasteiger partial charge in [-0.2, -0.15) is 0 Å². The van der Waals surface area contributed by atoms with E-state index < -0.39 is 0 Å². The van der Waals surface area contributed by atoms with Gasteiger partial charge in [0.25, 0.3) is 0 Å². The molecule has 0 saturated carbocycles. The highest BCUT2D eigenvalue weighted by Gasteiger charge is 2.28. The zero-order valence-corrected chi connectivity index (χ0v) is 11.1. The first kappa shape index (κ1) is 12.7. The molecule has 1 aromatic rings.